The van der Waals surface area contributed by atoms with Gasteiger partial charge in [-0.15, -0.1) is 0 Å². The van der Waals surface area contributed by atoms with E-state index < -0.39 is 0 Å². The lowest BCUT2D eigenvalue weighted by molar-refractivity contribution is -0.138. The molecule has 0 aromatic rings. The number of imide groups is 1. The van der Waals surface area contributed by atoms with E-state index in [1.807, 2.05) is 4.90 Å². The average Bonchev–Trinajstić information content (AvgIpc) is 2.54. The minimum Gasteiger partial charge on any atom is -0.409 e. The number of amidine groups is 1. The summed E-state index contributed by atoms with van der Waals surface area (Å²) in [7, 11) is 1.52. The van der Waals surface area contributed by atoms with Gasteiger partial charge in [0.05, 0.1) is 18.4 Å². The first kappa shape index (κ1) is 11.8. The average molecular weight is 240 g/mol. The van der Waals surface area contributed by atoms with Gasteiger partial charge in [-0.25, -0.2) is 0 Å². The number of likely N-dealkylation sites (tertiary alicyclic amines) is 2. The topological polar surface area (TPSA) is 99.2 Å². The molecular formula is C10H16N4O3. The van der Waals surface area contributed by atoms with Gasteiger partial charge in [0.1, 0.15) is 0 Å². The van der Waals surface area contributed by atoms with Gasteiger partial charge in [0, 0.05) is 13.6 Å². The molecule has 17 heavy (non-hydrogen) atoms. The third-order valence-electron chi connectivity index (χ3n) is 3.51. The van der Waals surface area contributed by atoms with Crippen molar-refractivity contribution in [2.45, 2.75) is 6.42 Å². The van der Waals surface area contributed by atoms with Crippen LogP contribution in [0.4, 0.5) is 0 Å². The quantitative estimate of drug-likeness (QED) is 0.205. The Morgan fingerprint density at radius 2 is 2.12 bits per heavy atom. The SMILES string of the molecule is CN1C(=O)C2CCN(C/C(N)=N/O)CC2C1=O. The van der Waals surface area contributed by atoms with E-state index in [1.165, 1.54) is 11.9 Å². The Morgan fingerprint density at radius 3 is 2.76 bits per heavy atom. The van der Waals surface area contributed by atoms with E-state index in [1.54, 1.807) is 0 Å². The fourth-order valence-corrected chi connectivity index (χ4v) is 2.58. The Kier molecular flexibility index (Phi) is 3.01. The second kappa shape index (κ2) is 4.33. The Labute approximate surface area is 98.8 Å². The molecule has 0 saturated carbocycles. The molecule has 2 fully saturated rings. The summed E-state index contributed by atoms with van der Waals surface area (Å²) in [4.78, 5) is 26.7. The van der Waals surface area contributed by atoms with Crippen LogP contribution in [-0.4, -0.2) is 59.3 Å². The molecule has 2 aliphatic heterocycles. The zero-order valence-corrected chi connectivity index (χ0v) is 9.67. The molecule has 2 atom stereocenters. The molecule has 94 valence electrons. The lowest BCUT2D eigenvalue weighted by Crippen LogP contribution is -2.45. The van der Waals surface area contributed by atoms with E-state index >= 15 is 0 Å². The predicted octanol–water partition coefficient (Wildman–Crippen LogP) is -1.33. The number of oxime groups is 1. The van der Waals surface area contributed by atoms with Crippen LogP contribution in [0.3, 0.4) is 0 Å². The molecule has 0 radical (unpaired) electrons. The molecule has 2 unspecified atom stereocenters. The van der Waals surface area contributed by atoms with E-state index in [-0.39, 0.29) is 29.5 Å². The van der Waals surface area contributed by atoms with Crippen LogP contribution in [0.1, 0.15) is 6.42 Å². The first-order chi connectivity index (χ1) is 8.04. The molecule has 2 saturated heterocycles. The van der Waals surface area contributed by atoms with Crippen LogP contribution >= 0.6 is 0 Å². The van der Waals surface area contributed by atoms with Crippen molar-refractivity contribution in [2.24, 2.45) is 22.7 Å². The number of nitrogens with zero attached hydrogens (tertiary/aromatic N) is 3. The summed E-state index contributed by atoms with van der Waals surface area (Å²) in [5.74, 6) is -0.537. The summed E-state index contributed by atoms with van der Waals surface area (Å²) in [5.41, 5.74) is 5.43. The van der Waals surface area contributed by atoms with Crippen LogP contribution in [-0.2, 0) is 9.59 Å². The summed E-state index contributed by atoms with van der Waals surface area (Å²) in [6, 6.07) is 0. The number of carbonyl (C=O) groups excluding carboxylic acids is 2. The third kappa shape index (κ3) is 1.97. The summed E-state index contributed by atoms with van der Waals surface area (Å²) < 4.78 is 0. The maximum atomic E-state index is 11.8. The highest BCUT2D eigenvalue weighted by Crippen LogP contribution is 2.32. The minimum atomic E-state index is -0.271. The van der Waals surface area contributed by atoms with Gasteiger partial charge in [-0.2, -0.15) is 0 Å². The molecule has 2 rings (SSSR count). The van der Waals surface area contributed by atoms with Crippen LogP contribution < -0.4 is 5.73 Å². The number of rotatable bonds is 2. The lowest BCUT2D eigenvalue weighted by atomic mass is 9.88. The number of piperidine rings is 1. The number of amides is 2. The van der Waals surface area contributed by atoms with Crippen molar-refractivity contribution < 1.29 is 14.8 Å². The fraction of sp³-hybridized carbons (Fsp3) is 0.700. The minimum absolute atomic E-state index is 0.0801. The molecule has 0 aromatic heterocycles. The highest BCUT2D eigenvalue weighted by Gasteiger charge is 2.48. The predicted molar refractivity (Wildman–Crippen MR) is 59.2 cm³/mol. The zero-order valence-electron chi connectivity index (χ0n) is 9.67. The van der Waals surface area contributed by atoms with Gasteiger partial charge in [0.2, 0.25) is 11.8 Å². The lowest BCUT2D eigenvalue weighted by Gasteiger charge is -2.31. The summed E-state index contributed by atoms with van der Waals surface area (Å²) in [6.07, 6.45) is 0.651. The van der Waals surface area contributed by atoms with E-state index in [0.29, 0.717) is 26.1 Å². The Balaban J connectivity index is 2.05. The molecule has 7 heteroatoms. The molecule has 2 heterocycles. The number of hydrogen-bond acceptors (Lipinski definition) is 5. The standard InChI is InChI=1S/C10H16N4O3/c1-13-9(15)6-2-3-14(5-8(11)12-17)4-7(6)10(13)16/h6-7,17H,2-5H2,1H3,(H2,11,12). The van der Waals surface area contributed by atoms with Gasteiger partial charge < -0.3 is 10.9 Å². The van der Waals surface area contributed by atoms with Crippen LogP contribution in [0.2, 0.25) is 0 Å². The van der Waals surface area contributed by atoms with E-state index in [2.05, 4.69) is 5.16 Å². The second-order valence-electron chi connectivity index (χ2n) is 4.56. The number of fused-ring (bicyclic) bond motifs is 1. The van der Waals surface area contributed by atoms with Crippen molar-refractivity contribution in [3.63, 3.8) is 0 Å². The molecule has 0 bridgehead atoms. The van der Waals surface area contributed by atoms with Gasteiger partial charge >= 0.3 is 0 Å². The summed E-state index contributed by atoms with van der Waals surface area (Å²) in [5, 5.41) is 11.4. The van der Waals surface area contributed by atoms with Crippen LogP contribution in [0, 0.1) is 11.8 Å². The van der Waals surface area contributed by atoms with Gasteiger partial charge in [-0.05, 0) is 13.0 Å². The van der Waals surface area contributed by atoms with Crippen molar-refractivity contribution >= 4 is 17.6 Å². The van der Waals surface area contributed by atoms with E-state index in [0.717, 1.165) is 0 Å². The molecule has 2 aliphatic rings. The Hall–Kier alpha value is -1.63. The Bertz CT molecular complexity index is 382. The van der Waals surface area contributed by atoms with E-state index in [9.17, 15) is 9.59 Å². The second-order valence-corrected chi connectivity index (χ2v) is 4.56. The van der Waals surface area contributed by atoms with Gasteiger partial charge in [0.25, 0.3) is 0 Å². The maximum Gasteiger partial charge on any atom is 0.234 e. The molecule has 2 amide bonds. The highest BCUT2D eigenvalue weighted by molar-refractivity contribution is 6.05. The molecule has 0 spiro atoms. The van der Waals surface area contributed by atoms with Crippen LogP contribution in [0.25, 0.3) is 0 Å². The largest absolute Gasteiger partial charge is 0.409 e. The first-order valence-electron chi connectivity index (χ1n) is 5.54. The molecular weight excluding hydrogens is 224 g/mol. The number of nitrogens with two attached hydrogens (primary N) is 1. The molecule has 0 aromatic carbocycles. The van der Waals surface area contributed by atoms with Crippen molar-refractivity contribution in [3.05, 3.63) is 0 Å². The molecule has 0 aliphatic carbocycles. The number of hydrogen-bond donors (Lipinski definition) is 2. The van der Waals surface area contributed by atoms with Gasteiger partial charge in [0.15, 0.2) is 5.84 Å². The molecule has 7 nitrogen and oxygen atoms in total. The van der Waals surface area contributed by atoms with Gasteiger partial charge in [-0.3, -0.25) is 19.4 Å². The van der Waals surface area contributed by atoms with Crippen LogP contribution in [0.5, 0.6) is 0 Å². The molecule has 3 N–H and O–H groups in total. The normalized spacial score (nSPS) is 30.9. The monoisotopic (exact) mass is 240 g/mol. The van der Waals surface area contributed by atoms with E-state index in [4.69, 9.17) is 10.9 Å². The number of carbonyl (C=O) groups is 2. The fourth-order valence-electron chi connectivity index (χ4n) is 2.58. The third-order valence-corrected chi connectivity index (χ3v) is 3.51. The van der Waals surface area contributed by atoms with Gasteiger partial charge in [-0.1, -0.05) is 5.16 Å². The maximum absolute atomic E-state index is 11.8. The smallest absolute Gasteiger partial charge is 0.234 e. The van der Waals surface area contributed by atoms with Crippen molar-refractivity contribution in [2.75, 3.05) is 26.7 Å². The summed E-state index contributed by atoms with van der Waals surface area (Å²) in [6.45, 7) is 1.50. The zero-order chi connectivity index (χ0) is 12.6. The first-order valence-corrected chi connectivity index (χ1v) is 5.54. The van der Waals surface area contributed by atoms with Crippen molar-refractivity contribution in [3.8, 4) is 0 Å². The Morgan fingerprint density at radius 1 is 1.47 bits per heavy atom. The van der Waals surface area contributed by atoms with Crippen LogP contribution in [0.15, 0.2) is 5.16 Å². The highest BCUT2D eigenvalue weighted by atomic mass is 16.4. The van der Waals surface area contributed by atoms with Crippen molar-refractivity contribution in [1.82, 2.24) is 9.80 Å². The van der Waals surface area contributed by atoms with Crippen molar-refractivity contribution in [1.29, 1.82) is 0 Å². The summed E-state index contributed by atoms with van der Waals surface area (Å²) >= 11 is 0.